The van der Waals surface area contributed by atoms with Gasteiger partial charge in [0, 0.05) is 34.5 Å². The van der Waals surface area contributed by atoms with Crippen molar-refractivity contribution < 1.29 is 34.4 Å². The standard InChI is InChI=1S/C30H20N4O8S4/c1-33-24(11-31)29-22-9-18-16(14-44(37)38)5-15(13-43(35)36)6-20(18)27(22)30(25(12-32)34-2)23-10-19-21(28(23)29)7-17(45(3,39)40)8-26(19)46(4,41)42/h5-8H,9-10,13-14H2,3-4H3,(H,35,36)(H,37,38)/p-2/b29-24+,30-25-. The Bertz CT molecular complexity index is 2500. The molecule has 0 saturated heterocycles. The Morgan fingerprint density at radius 1 is 0.783 bits per heavy atom. The second-order valence-electron chi connectivity index (χ2n) is 10.6. The summed E-state index contributed by atoms with van der Waals surface area (Å²) in [5.74, 6) is -0.992. The molecule has 0 aliphatic heterocycles. The van der Waals surface area contributed by atoms with Crippen molar-refractivity contribution in [3.8, 4) is 34.4 Å². The third kappa shape index (κ3) is 5.46. The van der Waals surface area contributed by atoms with Crippen molar-refractivity contribution in [1.82, 2.24) is 0 Å². The molecule has 0 bridgehead atoms. The third-order valence-corrected chi connectivity index (χ3v) is 11.2. The zero-order chi connectivity index (χ0) is 33.9. The molecule has 46 heavy (non-hydrogen) atoms. The lowest BCUT2D eigenvalue weighted by molar-refractivity contribution is 0.535. The van der Waals surface area contributed by atoms with Gasteiger partial charge in [0.05, 0.1) is 35.1 Å². The summed E-state index contributed by atoms with van der Waals surface area (Å²) in [5.41, 5.74) is 1.31. The van der Waals surface area contributed by atoms with Crippen LogP contribution in [-0.4, -0.2) is 46.9 Å². The Balaban J connectivity index is 2.12. The predicted octanol–water partition coefficient (Wildman–Crippen LogP) is 1.50. The van der Waals surface area contributed by atoms with Gasteiger partial charge in [-0.25, -0.2) is 37.0 Å². The molecule has 2 atom stereocenters. The molecule has 0 heterocycles. The number of hydrogen-bond acceptors (Lipinski definition) is 10. The molecule has 0 saturated carbocycles. The van der Waals surface area contributed by atoms with Gasteiger partial charge in [0.15, 0.2) is 19.7 Å². The van der Waals surface area contributed by atoms with Crippen LogP contribution in [0.4, 0.5) is 0 Å². The number of hydrogen-bond donors (Lipinski definition) is 0. The highest BCUT2D eigenvalue weighted by molar-refractivity contribution is 7.91. The Morgan fingerprint density at radius 2 is 1.28 bits per heavy atom. The quantitative estimate of drug-likeness (QED) is 0.185. The SMILES string of the molecule is [C-]#[N+]/C(C#N)=c1/c2c(/c(=C(\C#N)[N+]#[C-])c3c1-c1cc(CS(=O)[O-])cc(CS(=O)[O-])c1C3)-c1cc(S(C)(=O)=O)cc(S(C)(=O)=O)c1C2. The monoisotopic (exact) mass is 690 g/mol. The van der Waals surface area contributed by atoms with Crippen LogP contribution in [0.5, 0.6) is 0 Å². The van der Waals surface area contributed by atoms with E-state index in [-0.39, 0.29) is 77.6 Å². The van der Waals surface area contributed by atoms with E-state index in [1.54, 1.807) is 0 Å². The fourth-order valence-corrected chi connectivity index (χ4v) is 8.89. The predicted molar refractivity (Wildman–Crippen MR) is 165 cm³/mol. The average Bonchev–Trinajstić information content (AvgIpc) is 3.52. The number of fused-ring (bicyclic) bond motifs is 6. The van der Waals surface area contributed by atoms with E-state index < -0.39 is 64.7 Å². The zero-order valence-corrected chi connectivity index (χ0v) is 27.1. The highest BCUT2D eigenvalue weighted by Crippen LogP contribution is 2.44. The minimum atomic E-state index is -4.06. The molecule has 0 amide bonds. The van der Waals surface area contributed by atoms with Gasteiger partial charge in [0.1, 0.15) is 0 Å². The number of nitrogens with zero attached hydrogens (tertiary/aromatic N) is 4. The molecule has 2 aliphatic rings. The van der Waals surface area contributed by atoms with Crippen LogP contribution in [0.25, 0.3) is 43.3 Å². The van der Waals surface area contributed by atoms with E-state index in [4.69, 9.17) is 13.1 Å². The maximum Gasteiger partial charge on any atom is 0.269 e. The minimum Gasteiger partial charge on any atom is -0.772 e. The molecule has 3 aromatic carbocycles. The number of rotatable bonds is 6. The Labute approximate surface area is 269 Å². The van der Waals surface area contributed by atoms with Gasteiger partial charge >= 0.3 is 0 Å². The molecule has 3 aromatic rings. The summed E-state index contributed by atoms with van der Waals surface area (Å²) < 4.78 is 98.4. The van der Waals surface area contributed by atoms with Gasteiger partial charge in [-0.2, -0.15) is 0 Å². The molecule has 0 radical (unpaired) electrons. The van der Waals surface area contributed by atoms with Crippen LogP contribution in [0.1, 0.15) is 33.4 Å². The van der Waals surface area contributed by atoms with E-state index in [1.807, 2.05) is 12.1 Å². The smallest absolute Gasteiger partial charge is 0.269 e. The van der Waals surface area contributed by atoms with E-state index in [0.717, 1.165) is 18.6 Å². The van der Waals surface area contributed by atoms with Crippen LogP contribution >= 0.6 is 0 Å². The fourth-order valence-electron chi connectivity index (χ4n) is 6.23. The van der Waals surface area contributed by atoms with Crippen LogP contribution < -0.4 is 10.4 Å². The minimum absolute atomic E-state index is 0.0247. The first kappa shape index (κ1) is 32.9. The number of nitriles is 2. The molecule has 5 rings (SSSR count). The van der Waals surface area contributed by atoms with Crippen molar-refractivity contribution in [3.05, 3.63) is 90.9 Å². The van der Waals surface area contributed by atoms with Crippen molar-refractivity contribution in [2.24, 2.45) is 0 Å². The molecule has 2 aliphatic carbocycles. The maximum absolute atomic E-state index is 13.0. The van der Waals surface area contributed by atoms with Crippen molar-refractivity contribution in [3.63, 3.8) is 0 Å². The number of benzene rings is 3. The van der Waals surface area contributed by atoms with Crippen LogP contribution in [0.3, 0.4) is 0 Å². The fraction of sp³-hybridized carbons (Fsp3) is 0.200. The van der Waals surface area contributed by atoms with Crippen LogP contribution in [0.2, 0.25) is 0 Å². The largest absolute Gasteiger partial charge is 0.772 e. The normalized spacial score (nSPS) is 15.5. The van der Waals surface area contributed by atoms with Crippen molar-refractivity contribution in [2.75, 3.05) is 12.5 Å². The van der Waals surface area contributed by atoms with E-state index in [2.05, 4.69) is 9.69 Å². The summed E-state index contributed by atoms with van der Waals surface area (Å²) in [6.07, 6.45) is 1.48. The molecule has 12 nitrogen and oxygen atoms in total. The van der Waals surface area contributed by atoms with Gasteiger partial charge < -0.3 is 9.11 Å². The summed E-state index contributed by atoms with van der Waals surface area (Å²) in [4.78, 5) is 6.16. The second-order valence-corrected chi connectivity index (χ2v) is 16.4. The van der Waals surface area contributed by atoms with Crippen LogP contribution in [0.15, 0.2) is 34.1 Å². The third-order valence-electron chi connectivity index (χ3n) is 7.83. The van der Waals surface area contributed by atoms with Crippen LogP contribution in [-0.2, 0) is 66.2 Å². The zero-order valence-electron chi connectivity index (χ0n) is 23.8. The van der Waals surface area contributed by atoms with Gasteiger partial charge in [-0.15, -0.1) is 0 Å². The van der Waals surface area contributed by atoms with Gasteiger partial charge in [-0.1, -0.05) is 28.2 Å². The van der Waals surface area contributed by atoms with Gasteiger partial charge in [0.25, 0.3) is 11.4 Å². The molecule has 0 fully saturated rings. The summed E-state index contributed by atoms with van der Waals surface area (Å²) in [6, 6.07) is 8.88. The van der Waals surface area contributed by atoms with Crippen LogP contribution in [0, 0.1) is 35.8 Å². The molecular weight excluding hydrogens is 673 g/mol. The summed E-state index contributed by atoms with van der Waals surface area (Å²) >= 11 is -5.19. The van der Waals surface area contributed by atoms with Crippen molar-refractivity contribution >= 4 is 53.2 Å². The number of sulfone groups is 2. The molecular formula is C30H18N4O8S4-2. The van der Waals surface area contributed by atoms with E-state index in [9.17, 15) is 44.9 Å². The van der Waals surface area contributed by atoms with E-state index >= 15 is 0 Å². The first-order valence-electron chi connectivity index (χ1n) is 12.9. The molecule has 0 aromatic heterocycles. The topological polar surface area (TPSA) is 205 Å². The van der Waals surface area contributed by atoms with E-state index in [1.165, 1.54) is 18.2 Å². The van der Waals surface area contributed by atoms with E-state index in [0.29, 0.717) is 11.1 Å². The highest BCUT2D eigenvalue weighted by Gasteiger charge is 2.35. The highest BCUT2D eigenvalue weighted by atomic mass is 32.2. The first-order chi connectivity index (χ1) is 21.5. The van der Waals surface area contributed by atoms with Gasteiger partial charge in [-0.05, 0) is 86.7 Å². The lowest BCUT2D eigenvalue weighted by Gasteiger charge is -2.15. The lowest BCUT2D eigenvalue weighted by atomic mass is 9.90. The Morgan fingerprint density at radius 3 is 1.72 bits per heavy atom. The average molecular weight is 691 g/mol. The van der Waals surface area contributed by atoms with Crippen molar-refractivity contribution in [1.29, 1.82) is 10.5 Å². The van der Waals surface area contributed by atoms with Crippen molar-refractivity contribution in [2.45, 2.75) is 34.1 Å². The summed E-state index contributed by atoms with van der Waals surface area (Å²) in [6.45, 7) is 15.7. The van der Waals surface area contributed by atoms with Gasteiger partial charge in [-0.3, -0.25) is 8.42 Å². The van der Waals surface area contributed by atoms with Gasteiger partial charge in [0.2, 0.25) is 0 Å². The maximum atomic E-state index is 13.0. The lowest BCUT2D eigenvalue weighted by Crippen LogP contribution is -2.25. The molecule has 0 N–H and O–H groups in total. The Hall–Kier alpha value is -4.52. The molecule has 2 unspecified atom stereocenters. The molecule has 16 heteroatoms. The Kier molecular flexibility index (Phi) is 8.35. The summed E-state index contributed by atoms with van der Waals surface area (Å²) in [5, 5.41) is 20.3. The summed E-state index contributed by atoms with van der Waals surface area (Å²) in [7, 11) is -8.05. The molecule has 232 valence electrons. The molecule has 0 spiro atoms. The first-order valence-corrected chi connectivity index (χ1v) is 19.2. The second kappa shape index (κ2) is 11.7.